The first-order valence-corrected chi connectivity index (χ1v) is 11.7. The Balaban J connectivity index is 1.74. The summed E-state index contributed by atoms with van der Waals surface area (Å²) in [4.78, 5) is 43.9. The second-order valence-electron chi connectivity index (χ2n) is 9.41. The zero-order valence-electron chi connectivity index (χ0n) is 20.1. The first-order chi connectivity index (χ1) is 17.4. The molecule has 3 amide bonds. The molecule has 2 heterocycles. The third kappa shape index (κ3) is 5.01. The molecule has 0 aliphatic carbocycles. The van der Waals surface area contributed by atoms with E-state index in [4.69, 9.17) is 5.26 Å². The predicted molar refractivity (Wildman–Crippen MR) is 124 cm³/mol. The smallest absolute Gasteiger partial charge is 0.321 e. The van der Waals surface area contributed by atoms with E-state index in [2.05, 4.69) is 0 Å². The molecule has 0 spiro atoms. The predicted octanol–water partition coefficient (Wildman–Crippen LogP) is 3.92. The summed E-state index contributed by atoms with van der Waals surface area (Å²) in [6.07, 6.45) is -5.26. The van der Waals surface area contributed by atoms with Gasteiger partial charge in [0.2, 0.25) is 17.7 Å². The van der Waals surface area contributed by atoms with Gasteiger partial charge in [-0.1, -0.05) is 26.0 Å². The van der Waals surface area contributed by atoms with Crippen LogP contribution in [-0.2, 0) is 27.1 Å². The number of hydrogen-bond donors (Lipinski definition) is 0. The second kappa shape index (κ2) is 9.84. The third-order valence-electron chi connectivity index (χ3n) is 6.66. The molecule has 0 saturated carbocycles. The number of halogens is 4. The molecular weight excluding hydrogens is 492 g/mol. The topological polar surface area (TPSA) is 84.7 Å². The largest absolute Gasteiger partial charge is 0.416 e. The maximum atomic E-state index is 14.9. The Bertz CT molecular complexity index is 1270. The fourth-order valence-electron chi connectivity index (χ4n) is 4.81. The summed E-state index contributed by atoms with van der Waals surface area (Å²) in [5, 5.41) is 9.03. The van der Waals surface area contributed by atoms with E-state index in [0.29, 0.717) is 5.56 Å². The van der Waals surface area contributed by atoms with Crippen molar-refractivity contribution in [2.24, 2.45) is 11.8 Å². The lowest BCUT2D eigenvalue weighted by Gasteiger charge is -2.36. The lowest BCUT2D eigenvalue weighted by atomic mass is 10.0. The fraction of sp³-hybridized carbons (Fsp3) is 0.385. The van der Waals surface area contributed by atoms with Crippen LogP contribution < -0.4 is 4.90 Å². The standard InChI is InChI=1S/C26H24F4N4O3/c1-15(2)24(36)32-10-9-19-23(32)34(13-16-3-6-18(7-4-16)26(28,29)30)22(35)14-33(25(19)37)21-8-5-17(12-31)11-20(21)27/h3-8,11,15,19,23H,9-10,13-14H2,1-2H3/t19-,23?/m0/s1. The van der Waals surface area contributed by atoms with Crippen molar-refractivity contribution >= 4 is 23.4 Å². The highest BCUT2D eigenvalue weighted by Crippen LogP contribution is 2.36. The van der Waals surface area contributed by atoms with Gasteiger partial charge in [-0.3, -0.25) is 19.3 Å². The van der Waals surface area contributed by atoms with Crippen molar-refractivity contribution in [3.63, 3.8) is 0 Å². The van der Waals surface area contributed by atoms with Gasteiger partial charge in [0.15, 0.2) is 0 Å². The molecule has 2 aromatic carbocycles. The number of fused-ring (bicyclic) bond motifs is 1. The molecule has 194 valence electrons. The van der Waals surface area contributed by atoms with Crippen molar-refractivity contribution in [1.29, 1.82) is 5.26 Å². The van der Waals surface area contributed by atoms with E-state index in [-0.39, 0.29) is 36.7 Å². The first-order valence-electron chi connectivity index (χ1n) is 11.7. The SMILES string of the molecule is CC(C)C(=O)N1CC[C@@H]2C(=O)N(c3ccc(C#N)cc3F)CC(=O)N(Cc3ccc(C(F)(F)F)cc3)C21. The molecule has 7 nitrogen and oxygen atoms in total. The molecule has 0 radical (unpaired) electrons. The van der Waals surface area contributed by atoms with Crippen LogP contribution in [-0.4, -0.2) is 46.8 Å². The normalized spacial score (nSPS) is 20.2. The van der Waals surface area contributed by atoms with Crippen LogP contribution in [0.25, 0.3) is 0 Å². The number of rotatable bonds is 4. The van der Waals surface area contributed by atoms with Gasteiger partial charge < -0.3 is 9.80 Å². The van der Waals surface area contributed by atoms with Crippen molar-refractivity contribution < 1.29 is 31.9 Å². The number of nitriles is 1. The number of alkyl halides is 3. The number of carbonyl (C=O) groups excluding carboxylic acids is 3. The van der Waals surface area contributed by atoms with E-state index in [1.165, 1.54) is 34.1 Å². The number of nitrogens with zero attached hydrogens (tertiary/aromatic N) is 4. The average molecular weight is 516 g/mol. The third-order valence-corrected chi connectivity index (χ3v) is 6.66. The molecule has 2 fully saturated rings. The van der Waals surface area contributed by atoms with E-state index >= 15 is 0 Å². The fourth-order valence-corrected chi connectivity index (χ4v) is 4.81. The molecule has 0 N–H and O–H groups in total. The number of anilines is 1. The lowest BCUT2D eigenvalue weighted by molar-refractivity contribution is -0.147. The van der Waals surface area contributed by atoms with Crippen molar-refractivity contribution in [1.82, 2.24) is 9.80 Å². The summed E-state index contributed by atoms with van der Waals surface area (Å²) in [5.74, 6) is -3.54. The number of amides is 3. The summed E-state index contributed by atoms with van der Waals surface area (Å²) < 4.78 is 53.9. The molecule has 2 saturated heterocycles. The molecule has 1 unspecified atom stereocenters. The van der Waals surface area contributed by atoms with Crippen molar-refractivity contribution in [3.8, 4) is 6.07 Å². The molecule has 2 aliphatic heterocycles. The maximum absolute atomic E-state index is 14.9. The molecule has 2 atom stereocenters. The first kappa shape index (κ1) is 26.1. The van der Waals surface area contributed by atoms with Gasteiger partial charge in [-0.2, -0.15) is 18.4 Å². The van der Waals surface area contributed by atoms with Crippen molar-refractivity contribution in [2.45, 2.75) is 39.2 Å². The summed E-state index contributed by atoms with van der Waals surface area (Å²) in [6, 6.07) is 9.69. The summed E-state index contributed by atoms with van der Waals surface area (Å²) >= 11 is 0. The van der Waals surface area contributed by atoms with Crippen molar-refractivity contribution in [3.05, 3.63) is 65.0 Å². The maximum Gasteiger partial charge on any atom is 0.416 e. The number of hydrogen-bond acceptors (Lipinski definition) is 4. The zero-order chi connectivity index (χ0) is 27.1. The van der Waals surface area contributed by atoms with Gasteiger partial charge in [0.25, 0.3) is 0 Å². The van der Waals surface area contributed by atoms with Gasteiger partial charge in [0.1, 0.15) is 18.5 Å². The molecule has 2 aliphatic rings. The number of carbonyl (C=O) groups is 3. The Morgan fingerprint density at radius 3 is 2.38 bits per heavy atom. The van der Waals surface area contributed by atoms with E-state index in [1.54, 1.807) is 13.8 Å². The minimum absolute atomic E-state index is 0.0474. The van der Waals surface area contributed by atoms with Gasteiger partial charge in [-0.05, 0) is 42.3 Å². The van der Waals surface area contributed by atoms with Crippen LogP contribution in [0.5, 0.6) is 0 Å². The molecule has 4 rings (SSSR count). The highest BCUT2D eigenvalue weighted by molar-refractivity contribution is 6.03. The minimum atomic E-state index is -4.52. The summed E-state index contributed by atoms with van der Waals surface area (Å²) in [7, 11) is 0. The molecule has 2 aromatic rings. The van der Waals surface area contributed by atoms with Crippen LogP contribution in [0.2, 0.25) is 0 Å². The van der Waals surface area contributed by atoms with E-state index < -0.39 is 53.9 Å². The Hall–Kier alpha value is -3.94. The quantitative estimate of drug-likeness (QED) is 0.577. The Labute approximate surface area is 210 Å². The van der Waals surface area contributed by atoms with Crippen LogP contribution in [0.3, 0.4) is 0 Å². The van der Waals surface area contributed by atoms with E-state index in [9.17, 15) is 31.9 Å². The van der Waals surface area contributed by atoms with E-state index in [1.807, 2.05) is 6.07 Å². The summed E-state index contributed by atoms with van der Waals surface area (Å²) in [6.45, 7) is 2.90. The van der Waals surface area contributed by atoms with Gasteiger partial charge in [0.05, 0.1) is 28.8 Å². The lowest BCUT2D eigenvalue weighted by Crippen LogP contribution is -2.53. The van der Waals surface area contributed by atoms with Crippen LogP contribution in [0, 0.1) is 29.0 Å². The summed E-state index contributed by atoms with van der Waals surface area (Å²) in [5.41, 5.74) is -0.576. The number of likely N-dealkylation sites (tertiary alicyclic amines) is 1. The Kier molecular flexibility index (Phi) is 6.95. The van der Waals surface area contributed by atoms with E-state index in [0.717, 1.165) is 23.1 Å². The van der Waals surface area contributed by atoms with Crippen LogP contribution in [0.15, 0.2) is 42.5 Å². The highest BCUT2D eigenvalue weighted by atomic mass is 19.4. The molecule has 37 heavy (non-hydrogen) atoms. The Morgan fingerprint density at radius 2 is 1.81 bits per heavy atom. The average Bonchev–Trinajstić information content (AvgIpc) is 3.25. The Morgan fingerprint density at radius 1 is 1.14 bits per heavy atom. The van der Waals surface area contributed by atoms with Crippen LogP contribution in [0.4, 0.5) is 23.2 Å². The van der Waals surface area contributed by atoms with Crippen LogP contribution in [0.1, 0.15) is 37.0 Å². The zero-order valence-corrected chi connectivity index (χ0v) is 20.1. The van der Waals surface area contributed by atoms with Crippen molar-refractivity contribution in [2.75, 3.05) is 18.0 Å². The van der Waals surface area contributed by atoms with Gasteiger partial charge >= 0.3 is 6.18 Å². The second-order valence-corrected chi connectivity index (χ2v) is 9.41. The van der Waals surface area contributed by atoms with Gasteiger partial charge in [-0.15, -0.1) is 0 Å². The molecule has 0 bridgehead atoms. The van der Waals surface area contributed by atoms with Crippen LogP contribution >= 0.6 is 0 Å². The van der Waals surface area contributed by atoms with Gasteiger partial charge in [0, 0.05) is 19.0 Å². The monoisotopic (exact) mass is 516 g/mol. The minimum Gasteiger partial charge on any atom is -0.321 e. The molecule has 0 aromatic heterocycles. The van der Waals surface area contributed by atoms with Gasteiger partial charge in [-0.25, -0.2) is 4.39 Å². The highest BCUT2D eigenvalue weighted by Gasteiger charge is 2.50. The number of benzene rings is 2. The molecule has 11 heteroatoms. The molecular formula is C26H24F4N4O3.